The summed E-state index contributed by atoms with van der Waals surface area (Å²) in [6.07, 6.45) is 2.31. The molecule has 0 unspecified atom stereocenters. The zero-order valence-electron chi connectivity index (χ0n) is 12.2. The molecule has 2 rings (SSSR count). The first kappa shape index (κ1) is 15.2. The lowest BCUT2D eigenvalue weighted by Gasteiger charge is -2.30. The van der Waals surface area contributed by atoms with E-state index in [0.717, 1.165) is 5.56 Å². The van der Waals surface area contributed by atoms with Crippen molar-refractivity contribution in [3.8, 4) is 0 Å². The Morgan fingerprint density at radius 2 is 2.05 bits per heavy atom. The van der Waals surface area contributed by atoms with Crippen LogP contribution in [0.5, 0.6) is 0 Å². The number of rotatable bonds is 4. The second-order valence-electron chi connectivity index (χ2n) is 5.26. The fourth-order valence-corrected chi connectivity index (χ4v) is 2.88. The number of esters is 1. The molecule has 0 spiro atoms. The number of ether oxygens (including phenoxy) is 1. The summed E-state index contributed by atoms with van der Waals surface area (Å²) in [4.78, 5) is 23.4. The molecule has 0 aromatic heterocycles. The van der Waals surface area contributed by atoms with Crippen molar-refractivity contribution >= 4 is 5.97 Å². The lowest BCUT2D eigenvalue weighted by Crippen LogP contribution is -2.39. The topological polar surface area (TPSA) is 69.4 Å². The number of hydrogen-bond acceptors (Lipinski definition) is 4. The number of nitro groups is 1. The van der Waals surface area contributed by atoms with E-state index in [4.69, 9.17) is 4.74 Å². The molecule has 0 radical (unpaired) electrons. The van der Waals surface area contributed by atoms with Crippen LogP contribution < -0.4 is 0 Å². The van der Waals surface area contributed by atoms with Gasteiger partial charge in [0.2, 0.25) is 6.04 Å². The van der Waals surface area contributed by atoms with Gasteiger partial charge in [0.15, 0.2) is 0 Å². The number of carbonyl (C=O) groups excluding carboxylic acids is 1. The van der Waals surface area contributed by atoms with Crippen molar-refractivity contribution in [2.45, 2.75) is 32.2 Å². The van der Waals surface area contributed by atoms with Gasteiger partial charge in [0, 0.05) is 16.4 Å². The fraction of sp³-hybridized carbons (Fsp3) is 0.438. The normalized spacial score (nSPS) is 25.0. The molecular weight excluding hydrogens is 270 g/mol. The molecule has 0 N–H and O–H groups in total. The van der Waals surface area contributed by atoms with Crippen LogP contribution in [0.2, 0.25) is 0 Å². The van der Waals surface area contributed by atoms with Gasteiger partial charge in [-0.3, -0.25) is 10.1 Å². The molecule has 0 amide bonds. The van der Waals surface area contributed by atoms with Gasteiger partial charge in [0.05, 0.1) is 12.5 Å². The third kappa shape index (κ3) is 3.12. The first-order valence-corrected chi connectivity index (χ1v) is 7.11. The number of hydrogen-bond donors (Lipinski definition) is 0. The highest BCUT2D eigenvalue weighted by Gasteiger charge is 2.44. The van der Waals surface area contributed by atoms with Gasteiger partial charge >= 0.3 is 5.97 Å². The highest BCUT2D eigenvalue weighted by Crippen LogP contribution is 2.39. The Bertz CT molecular complexity index is 553. The molecule has 1 aromatic rings. The van der Waals surface area contributed by atoms with Crippen LogP contribution in [0.4, 0.5) is 0 Å². The first-order valence-electron chi connectivity index (χ1n) is 7.11. The molecule has 3 atom stereocenters. The molecule has 0 heterocycles. The minimum Gasteiger partial charge on any atom is -0.463 e. The van der Waals surface area contributed by atoms with E-state index >= 15 is 0 Å². The van der Waals surface area contributed by atoms with Gasteiger partial charge in [-0.25, -0.2) is 4.79 Å². The van der Waals surface area contributed by atoms with Crippen LogP contribution in [0.25, 0.3) is 0 Å². The highest BCUT2D eigenvalue weighted by atomic mass is 16.6. The van der Waals surface area contributed by atoms with Crippen molar-refractivity contribution in [2.75, 3.05) is 6.61 Å². The molecule has 1 aliphatic carbocycles. The third-order valence-electron chi connectivity index (χ3n) is 3.88. The largest absolute Gasteiger partial charge is 0.463 e. The number of benzene rings is 1. The quantitative estimate of drug-likeness (QED) is 0.485. The number of carbonyl (C=O) groups is 1. The van der Waals surface area contributed by atoms with Gasteiger partial charge in [-0.1, -0.05) is 43.3 Å². The summed E-state index contributed by atoms with van der Waals surface area (Å²) < 4.78 is 5.07. The van der Waals surface area contributed by atoms with Gasteiger partial charge in [-0.05, 0) is 18.9 Å². The molecule has 1 aliphatic rings. The first-order chi connectivity index (χ1) is 10.1. The van der Waals surface area contributed by atoms with Crippen molar-refractivity contribution < 1.29 is 14.5 Å². The molecule has 5 heteroatoms. The monoisotopic (exact) mass is 289 g/mol. The highest BCUT2D eigenvalue weighted by molar-refractivity contribution is 5.90. The molecule has 0 saturated carbocycles. The summed E-state index contributed by atoms with van der Waals surface area (Å²) in [5, 5.41) is 11.5. The summed E-state index contributed by atoms with van der Waals surface area (Å²) in [5.74, 6) is -1.13. The summed E-state index contributed by atoms with van der Waals surface area (Å²) in [6.45, 7) is 3.84. The number of allylic oxidation sites excluding steroid dienone is 1. The zero-order valence-corrected chi connectivity index (χ0v) is 12.2. The molecule has 21 heavy (non-hydrogen) atoms. The van der Waals surface area contributed by atoms with Crippen LogP contribution in [0.1, 0.15) is 31.7 Å². The van der Waals surface area contributed by atoms with Crippen LogP contribution in [0.15, 0.2) is 42.0 Å². The molecule has 5 nitrogen and oxygen atoms in total. The van der Waals surface area contributed by atoms with E-state index < -0.39 is 17.9 Å². The van der Waals surface area contributed by atoms with E-state index in [0.29, 0.717) is 12.0 Å². The molecular formula is C16H19NO4. The molecule has 0 fully saturated rings. The smallest absolute Gasteiger partial charge is 0.334 e. The SMILES string of the molecule is CCOC(=O)C1=CC[C@@H](C)[C@@H]([N+](=O)[O-])[C@H]1c1ccccc1. The van der Waals surface area contributed by atoms with Gasteiger partial charge in [-0.2, -0.15) is 0 Å². The Balaban J connectivity index is 2.47. The van der Waals surface area contributed by atoms with Crippen molar-refractivity contribution in [3.63, 3.8) is 0 Å². The predicted octanol–water partition coefficient (Wildman–Crippen LogP) is 2.94. The summed E-state index contributed by atoms with van der Waals surface area (Å²) in [5.41, 5.74) is 1.19. The van der Waals surface area contributed by atoms with E-state index in [1.165, 1.54) is 0 Å². The van der Waals surface area contributed by atoms with Crippen LogP contribution in [0, 0.1) is 16.0 Å². The molecule has 0 aliphatic heterocycles. The Hall–Kier alpha value is -2.17. The van der Waals surface area contributed by atoms with E-state index in [1.54, 1.807) is 13.0 Å². The Morgan fingerprint density at radius 3 is 2.62 bits per heavy atom. The fourth-order valence-electron chi connectivity index (χ4n) is 2.88. The van der Waals surface area contributed by atoms with Crippen LogP contribution in [0.3, 0.4) is 0 Å². The van der Waals surface area contributed by atoms with Gasteiger partial charge < -0.3 is 4.74 Å². The second-order valence-corrected chi connectivity index (χ2v) is 5.26. The minimum atomic E-state index is -0.809. The minimum absolute atomic E-state index is 0.122. The van der Waals surface area contributed by atoms with E-state index in [9.17, 15) is 14.9 Å². The van der Waals surface area contributed by atoms with E-state index in [2.05, 4.69) is 0 Å². The maximum absolute atomic E-state index is 12.1. The predicted molar refractivity (Wildman–Crippen MR) is 78.5 cm³/mol. The van der Waals surface area contributed by atoms with Gasteiger partial charge in [-0.15, -0.1) is 0 Å². The summed E-state index contributed by atoms with van der Waals surface area (Å²) >= 11 is 0. The Labute approximate surface area is 123 Å². The van der Waals surface area contributed by atoms with Gasteiger partial charge in [0.1, 0.15) is 0 Å². The average Bonchev–Trinajstić information content (AvgIpc) is 2.47. The molecule has 112 valence electrons. The Morgan fingerprint density at radius 1 is 1.38 bits per heavy atom. The molecule has 0 saturated heterocycles. The summed E-state index contributed by atoms with van der Waals surface area (Å²) in [7, 11) is 0. The lowest BCUT2D eigenvalue weighted by molar-refractivity contribution is -0.534. The van der Waals surface area contributed by atoms with Crippen molar-refractivity contribution in [1.29, 1.82) is 0 Å². The van der Waals surface area contributed by atoms with Crippen LogP contribution in [-0.4, -0.2) is 23.5 Å². The second kappa shape index (κ2) is 6.52. The standard InChI is InChI=1S/C16H19NO4/c1-3-21-16(18)13-10-9-11(2)15(17(19)20)14(13)12-7-5-4-6-8-12/h4-8,10-11,14-15H,3,9H2,1-2H3/t11-,14+,15-/m1/s1. The molecule has 0 bridgehead atoms. The van der Waals surface area contributed by atoms with Crippen molar-refractivity contribution in [3.05, 3.63) is 57.7 Å². The maximum atomic E-state index is 12.1. The molecule has 1 aromatic carbocycles. The average molecular weight is 289 g/mol. The van der Waals surface area contributed by atoms with E-state index in [1.807, 2.05) is 37.3 Å². The van der Waals surface area contributed by atoms with Crippen LogP contribution in [-0.2, 0) is 9.53 Å². The third-order valence-corrected chi connectivity index (χ3v) is 3.88. The summed E-state index contributed by atoms with van der Waals surface area (Å²) in [6, 6.07) is 8.35. The van der Waals surface area contributed by atoms with Crippen LogP contribution >= 0.6 is 0 Å². The zero-order chi connectivity index (χ0) is 15.4. The lowest BCUT2D eigenvalue weighted by atomic mass is 9.74. The van der Waals surface area contributed by atoms with Crippen molar-refractivity contribution in [2.24, 2.45) is 5.92 Å². The number of nitrogens with zero attached hydrogens (tertiary/aromatic N) is 1. The maximum Gasteiger partial charge on any atom is 0.334 e. The Kier molecular flexibility index (Phi) is 4.73. The van der Waals surface area contributed by atoms with E-state index in [-0.39, 0.29) is 17.4 Å². The van der Waals surface area contributed by atoms with Gasteiger partial charge in [0.25, 0.3) is 0 Å². The van der Waals surface area contributed by atoms with Crippen molar-refractivity contribution in [1.82, 2.24) is 0 Å².